The van der Waals surface area contributed by atoms with E-state index in [1.165, 1.54) is 0 Å². The lowest BCUT2D eigenvalue weighted by Crippen LogP contribution is -2.30. The molecule has 3 rings (SSSR count). The Hall–Kier alpha value is -2.37. The minimum Gasteiger partial charge on any atom is -0.324 e. The number of amides is 1. The largest absolute Gasteiger partial charge is 0.324 e. The van der Waals surface area contributed by atoms with Crippen LogP contribution < -0.4 is 10.9 Å². The number of carbonyl (C=O) groups is 1. The molecule has 122 valence electrons. The molecular formula is C17H13Cl2N3O2. The second-order valence-electron chi connectivity index (χ2n) is 5.27. The van der Waals surface area contributed by atoms with E-state index >= 15 is 0 Å². The molecule has 1 heterocycles. The Balaban J connectivity index is 1.86. The molecule has 0 aliphatic carbocycles. The third-order valence-electron chi connectivity index (χ3n) is 3.55. The van der Waals surface area contributed by atoms with Crippen LogP contribution in [0.4, 0.5) is 5.69 Å². The summed E-state index contributed by atoms with van der Waals surface area (Å²) >= 11 is 11.8. The summed E-state index contributed by atoms with van der Waals surface area (Å²) in [6.45, 7) is 1.61. The van der Waals surface area contributed by atoms with Crippen molar-refractivity contribution in [1.82, 2.24) is 9.78 Å². The molecule has 0 radical (unpaired) electrons. The molecule has 0 fully saturated rings. The van der Waals surface area contributed by atoms with Crippen LogP contribution in [0.2, 0.25) is 10.0 Å². The number of benzene rings is 2. The van der Waals surface area contributed by atoms with Crippen LogP contribution in [0.3, 0.4) is 0 Å². The fourth-order valence-electron chi connectivity index (χ4n) is 2.42. The van der Waals surface area contributed by atoms with Crippen molar-refractivity contribution < 1.29 is 4.79 Å². The second-order valence-corrected chi connectivity index (χ2v) is 6.09. The van der Waals surface area contributed by atoms with Crippen molar-refractivity contribution in [3.8, 4) is 0 Å². The summed E-state index contributed by atoms with van der Waals surface area (Å²) in [5.41, 5.74) is 0.882. The van der Waals surface area contributed by atoms with Crippen molar-refractivity contribution in [2.75, 3.05) is 5.32 Å². The van der Waals surface area contributed by atoms with Gasteiger partial charge >= 0.3 is 0 Å². The summed E-state index contributed by atoms with van der Waals surface area (Å²) < 4.78 is 1.16. The summed E-state index contributed by atoms with van der Waals surface area (Å²) in [6, 6.07) is 11.9. The zero-order chi connectivity index (χ0) is 17.3. The monoisotopic (exact) mass is 361 g/mol. The predicted molar refractivity (Wildman–Crippen MR) is 95.8 cm³/mol. The van der Waals surface area contributed by atoms with Crippen LogP contribution in [-0.4, -0.2) is 15.7 Å². The molecule has 2 aromatic carbocycles. The number of halogens is 2. The first-order chi connectivity index (χ1) is 11.5. The van der Waals surface area contributed by atoms with E-state index < -0.39 is 0 Å². The van der Waals surface area contributed by atoms with E-state index in [9.17, 15) is 9.59 Å². The Morgan fingerprint density at radius 3 is 2.54 bits per heavy atom. The highest BCUT2D eigenvalue weighted by Gasteiger charge is 2.11. The molecule has 0 bridgehead atoms. The maximum Gasteiger partial charge on any atom is 0.275 e. The zero-order valence-corrected chi connectivity index (χ0v) is 14.2. The number of hydrogen-bond acceptors (Lipinski definition) is 3. The van der Waals surface area contributed by atoms with Crippen molar-refractivity contribution >= 4 is 45.6 Å². The van der Waals surface area contributed by atoms with Gasteiger partial charge in [0.2, 0.25) is 5.91 Å². The van der Waals surface area contributed by atoms with Crippen LogP contribution in [0.25, 0.3) is 10.8 Å². The SMILES string of the molecule is Cc1nn(CC(=O)Nc2ccc(Cl)c(Cl)c2)c(=O)c2ccccc12. The van der Waals surface area contributed by atoms with Gasteiger partial charge in [-0.2, -0.15) is 5.10 Å². The van der Waals surface area contributed by atoms with Gasteiger partial charge in [0.25, 0.3) is 5.56 Å². The van der Waals surface area contributed by atoms with E-state index in [0.29, 0.717) is 26.8 Å². The van der Waals surface area contributed by atoms with Gasteiger partial charge in [-0.05, 0) is 31.2 Å². The molecule has 0 spiro atoms. The van der Waals surface area contributed by atoms with Crippen molar-refractivity contribution in [2.24, 2.45) is 0 Å². The minimum atomic E-state index is -0.377. The summed E-state index contributed by atoms with van der Waals surface area (Å²) in [6.07, 6.45) is 0. The van der Waals surface area contributed by atoms with E-state index in [4.69, 9.17) is 23.2 Å². The van der Waals surface area contributed by atoms with Crippen LogP contribution in [0.15, 0.2) is 47.3 Å². The summed E-state index contributed by atoms with van der Waals surface area (Å²) in [5.74, 6) is -0.377. The van der Waals surface area contributed by atoms with E-state index in [1.54, 1.807) is 37.3 Å². The number of hydrogen-bond donors (Lipinski definition) is 1. The average molecular weight is 362 g/mol. The Morgan fingerprint density at radius 1 is 1.12 bits per heavy atom. The lowest BCUT2D eigenvalue weighted by Gasteiger charge is -2.10. The van der Waals surface area contributed by atoms with Gasteiger partial charge in [-0.1, -0.05) is 41.4 Å². The van der Waals surface area contributed by atoms with Crippen molar-refractivity contribution in [2.45, 2.75) is 13.5 Å². The molecule has 24 heavy (non-hydrogen) atoms. The number of aromatic nitrogens is 2. The average Bonchev–Trinajstić information content (AvgIpc) is 2.56. The van der Waals surface area contributed by atoms with Crippen molar-refractivity contribution in [3.63, 3.8) is 0 Å². The maximum atomic E-state index is 12.4. The van der Waals surface area contributed by atoms with Gasteiger partial charge in [0, 0.05) is 11.1 Å². The van der Waals surface area contributed by atoms with Crippen LogP contribution in [-0.2, 0) is 11.3 Å². The van der Waals surface area contributed by atoms with E-state index in [-0.39, 0.29) is 18.0 Å². The highest BCUT2D eigenvalue weighted by molar-refractivity contribution is 6.42. The first-order valence-corrected chi connectivity index (χ1v) is 7.92. The number of rotatable bonds is 3. The molecule has 0 aliphatic rings. The number of fused-ring (bicyclic) bond motifs is 1. The second kappa shape index (κ2) is 6.63. The van der Waals surface area contributed by atoms with E-state index in [0.717, 1.165) is 10.1 Å². The van der Waals surface area contributed by atoms with Crippen LogP contribution >= 0.6 is 23.2 Å². The highest BCUT2D eigenvalue weighted by atomic mass is 35.5. The topological polar surface area (TPSA) is 64.0 Å². The van der Waals surface area contributed by atoms with Gasteiger partial charge in [0.05, 0.1) is 21.1 Å². The number of carbonyl (C=O) groups excluding carboxylic acids is 1. The number of nitrogens with one attached hydrogen (secondary N) is 1. The number of aryl methyl sites for hydroxylation is 1. The van der Waals surface area contributed by atoms with Gasteiger partial charge in [-0.3, -0.25) is 9.59 Å². The van der Waals surface area contributed by atoms with Crippen molar-refractivity contribution in [3.05, 3.63) is 68.6 Å². The van der Waals surface area contributed by atoms with Crippen LogP contribution in [0, 0.1) is 6.92 Å². The smallest absolute Gasteiger partial charge is 0.275 e. The summed E-state index contributed by atoms with van der Waals surface area (Å²) in [5, 5.41) is 8.94. The normalized spacial score (nSPS) is 10.8. The predicted octanol–water partition coefficient (Wildman–Crippen LogP) is 3.65. The standard InChI is InChI=1S/C17H13Cl2N3O2/c1-10-12-4-2-3-5-13(12)17(24)22(21-10)9-16(23)20-11-6-7-14(18)15(19)8-11/h2-8H,9H2,1H3,(H,20,23). The summed E-state index contributed by atoms with van der Waals surface area (Å²) in [4.78, 5) is 24.6. The first kappa shape index (κ1) is 16.5. The molecule has 0 unspecified atom stereocenters. The van der Waals surface area contributed by atoms with Gasteiger partial charge in [-0.15, -0.1) is 0 Å². The summed E-state index contributed by atoms with van der Waals surface area (Å²) in [7, 11) is 0. The van der Waals surface area contributed by atoms with Crippen molar-refractivity contribution in [1.29, 1.82) is 0 Å². The van der Waals surface area contributed by atoms with Crippen LogP contribution in [0.5, 0.6) is 0 Å². The van der Waals surface area contributed by atoms with E-state index in [2.05, 4.69) is 10.4 Å². The quantitative estimate of drug-likeness (QED) is 0.774. The minimum absolute atomic E-state index is 0.190. The Labute approximate surface area is 147 Å². The van der Waals surface area contributed by atoms with E-state index in [1.807, 2.05) is 12.1 Å². The molecule has 0 saturated heterocycles. The molecule has 7 heteroatoms. The molecule has 0 aliphatic heterocycles. The zero-order valence-electron chi connectivity index (χ0n) is 12.7. The Kier molecular flexibility index (Phi) is 4.55. The molecule has 1 N–H and O–H groups in total. The third-order valence-corrected chi connectivity index (χ3v) is 4.29. The van der Waals surface area contributed by atoms with Gasteiger partial charge < -0.3 is 5.32 Å². The fourth-order valence-corrected chi connectivity index (χ4v) is 2.72. The van der Waals surface area contributed by atoms with Crippen LogP contribution in [0.1, 0.15) is 5.69 Å². The molecule has 0 atom stereocenters. The van der Waals surface area contributed by atoms with Gasteiger partial charge in [0.1, 0.15) is 6.54 Å². The van der Waals surface area contributed by atoms with Gasteiger partial charge in [-0.25, -0.2) is 4.68 Å². The Morgan fingerprint density at radius 2 is 1.83 bits per heavy atom. The number of anilines is 1. The molecule has 5 nitrogen and oxygen atoms in total. The lowest BCUT2D eigenvalue weighted by molar-refractivity contribution is -0.117. The molecular weight excluding hydrogens is 349 g/mol. The Bertz CT molecular complexity index is 999. The molecule has 1 aromatic heterocycles. The number of nitrogens with zero attached hydrogens (tertiary/aromatic N) is 2. The molecule has 0 saturated carbocycles. The maximum absolute atomic E-state index is 12.4. The lowest BCUT2D eigenvalue weighted by atomic mass is 10.1. The fraction of sp³-hybridized carbons (Fsp3) is 0.118. The van der Waals surface area contributed by atoms with Gasteiger partial charge in [0.15, 0.2) is 0 Å². The molecule has 1 amide bonds. The third kappa shape index (κ3) is 3.27. The first-order valence-electron chi connectivity index (χ1n) is 7.17. The molecule has 3 aromatic rings. The highest BCUT2D eigenvalue weighted by Crippen LogP contribution is 2.24.